The maximum absolute atomic E-state index is 14.1. The van der Waals surface area contributed by atoms with Crippen molar-refractivity contribution in [3.05, 3.63) is 40.2 Å². The highest BCUT2D eigenvalue weighted by Crippen LogP contribution is 2.54. The third-order valence-electron chi connectivity index (χ3n) is 8.48. The van der Waals surface area contributed by atoms with Crippen LogP contribution in [0, 0.1) is 11.8 Å². The lowest BCUT2D eigenvalue weighted by molar-refractivity contribution is -0.165. The minimum absolute atomic E-state index is 0.0147. The third kappa shape index (κ3) is 6.25. The van der Waals surface area contributed by atoms with Gasteiger partial charge in [0, 0.05) is 30.3 Å². The van der Waals surface area contributed by atoms with Crippen LogP contribution in [0.5, 0.6) is 5.75 Å². The number of rotatable bonds is 9. The molecule has 1 aromatic carbocycles. The van der Waals surface area contributed by atoms with Gasteiger partial charge in [-0.3, -0.25) is 28.3 Å². The molecule has 0 bridgehead atoms. The van der Waals surface area contributed by atoms with Gasteiger partial charge in [-0.1, -0.05) is 13.8 Å². The molecule has 0 aliphatic heterocycles. The minimum atomic E-state index is -4.67. The number of Topliss-reactive ketones (excluding diaryl/α,β-unsaturated/α-hetero) is 3. The van der Waals surface area contributed by atoms with Gasteiger partial charge in [-0.2, -0.15) is 8.42 Å². The monoisotopic (exact) mass is 668 g/mol. The molecule has 1 fully saturated rings. The lowest BCUT2D eigenvalue weighted by Crippen LogP contribution is -2.74. The number of aliphatic hydroxyl groups excluding tert-OH is 2. The number of carbonyl (C=O) groups is 4. The summed E-state index contributed by atoms with van der Waals surface area (Å²) in [6.07, 6.45) is 1.51. The van der Waals surface area contributed by atoms with Crippen LogP contribution in [0.1, 0.15) is 44.2 Å². The van der Waals surface area contributed by atoms with Gasteiger partial charge in [-0.15, -0.1) is 0 Å². The van der Waals surface area contributed by atoms with Gasteiger partial charge in [0.25, 0.3) is 5.91 Å². The molecule has 46 heavy (non-hydrogen) atoms. The van der Waals surface area contributed by atoms with Crippen LogP contribution < -0.4 is 16.4 Å². The quantitative estimate of drug-likeness (QED) is 0.0963. The van der Waals surface area contributed by atoms with Crippen molar-refractivity contribution in [2.45, 2.75) is 50.7 Å². The summed E-state index contributed by atoms with van der Waals surface area (Å²) in [5, 5.41) is 45.2. The second-order valence-electron chi connectivity index (χ2n) is 11.9. The number of phenols is 1. The molecule has 1 aromatic rings. The average Bonchev–Trinajstić information content (AvgIpc) is 2.92. The molecule has 4 rings (SSSR count). The molecule has 0 aromatic heterocycles. The fourth-order valence-electron chi connectivity index (χ4n) is 6.69. The second kappa shape index (κ2) is 13.1. The van der Waals surface area contributed by atoms with Crippen molar-refractivity contribution in [2.75, 3.05) is 38.6 Å². The second-order valence-corrected chi connectivity index (χ2v) is 12.8. The van der Waals surface area contributed by atoms with Crippen molar-refractivity contribution < 1.29 is 57.1 Å². The number of aliphatic hydroxyl groups is 3. The minimum Gasteiger partial charge on any atom is -0.509 e. The first-order valence-electron chi connectivity index (χ1n) is 14.4. The van der Waals surface area contributed by atoms with Gasteiger partial charge in [0.15, 0.2) is 11.4 Å². The van der Waals surface area contributed by atoms with E-state index < -0.39 is 73.7 Å². The largest absolute Gasteiger partial charge is 0.509 e. The van der Waals surface area contributed by atoms with E-state index in [2.05, 4.69) is 4.90 Å². The summed E-state index contributed by atoms with van der Waals surface area (Å²) in [6.45, 7) is 5.10. The summed E-state index contributed by atoms with van der Waals surface area (Å²) in [4.78, 5) is 57.0. The van der Waals surface area contributed by atoms with Gasteiger partial charge in [-0.05, 0) is 63.4 Å². The van der Waals surface area contributed by atoms with E-state index in [0.29, 0.717) is 18.7 Å². The molecule has 1 amide bonds. The van der Waals surface area contributed by atoms with Crippen LogP contribution in [0.3, 0.4) is 0 Å². The number of hydrogen-bond donors (Lipinski definition) is 8. The Bertz CT molecular complexity index is 1620. The summed E-state index contributed by atoms with van der Waals surface area (Å²) in [5.41, 5.74) is 6.19. The number of anilines is 1. The number of ketones is 3. The number of benzene rings is 1. The van der Waals surface area contributed by atoms with E-state index in [1.54, 1.807) is 20.2 Å². The number of likely N-dealkylation sites (N-methyl/N-ethyl adjacent to an activating group) is 1. The van der Waals surface area contributed by atoms with Crippen LogP contribution in [0.15, 0.2) is 29.0 Å². The highest BCUT2D eigenvalue weighted by molar-refractivity contribution is 7.79. The molecule has 1 saturated carbocycles. The van der Waals surface area contributed by atoms with E-state index in [-0.39, 0.29) is 36.3 Å². The van der Waals surface area contributed by atoms with Crippen LogP contribution in [0.2, 0.25) is 0 Å². The van der Waals surface area contributed by atoms with Gasteiger partial charge in [-0.25, -0.2) is 0 Å². The molecule has 3 aliphatic carbocycles. The Morgan fingerprint density at radius 3 is 2.04 bits per heavy atom. The number of fused-ring (bicyclic) bond motifs is 3. The van der Waals surface area contributed by atoms with Crippen molar-refractivity contribution in [1.29, 1.82) is 0 Å². The number of hydrogen-bond acceptors (Lipinski definition) is 13. The Hall–Kier alpha value is -3.87. The zero-order valence-corrected chi connectivity index (χ0v) is 26.7. The number of primary amides is 1. The first kappa shape index (κ1) is 36.6. The first-order valence-corrected chi connectivity index (χ1v) is 15.8. The Morgan fingerprint density at radius 1 is 1.02 bits per heavy atom. The molecule has 0 saturated heterocycles. The molecule has 0 heterocycles. The highest BCUT2D eigenvalue weighted by Gasteiger charge is 2.70. The van der Waals surface area contributed by atoms with Gasteiger partial charge in [0.05, 0.1) is 12.1 Å². The third-order valence-corrected chi connectivity index (χ3v) is 8.48. The van der Waals surface area contributed by atoms with Crippen molar-refractivity contribution in [3.63, 3.8) is 0 Å². The van der Waals surface area contributed by atoms with Crippen molar-refractivity contribution in [3.8, 4) is 5.75 Å². The van der Waals surface area contributed by atoms with E-state index >= 15 is 0 Å². The standard InChI is InChI=1S/C29H38N4O8.H2O4S/c1-5-9-33(10-6-2)16-7-8-17(34)21-15(16)11-14-12-18-28(31,19(35)13-32(3)4)24(37)22(27(30)40)26(39)29(18,41)25(38)20(14)23(21)36;1-5(2,3)4/h7-8,14,18,34,36-37,41H,5-6,9-13,31H2,1-4H3,(H2,30,40);(H2,1,2,3,4). The summed E-state index contributed by atoms with van der Waals surface area (Å²) in [7, 11) is -1.54. The molecule has 4 atom stereocenters. The van der Waals surface area contributed by atoms with E-state index in [1.165, 1.54) is 11.0 Å². The molecule has 4 unspecified atom stereocenters. The van der Waals surface area contributed by atoms with Crippen LogP contribution in [-0.2, 0) is 36.0 Å². The van der Waals surface area contributed by atoms with E-state index in [9.17, 15) is 39.6 Å². The van der Waals surface area contributed by atoms with Crippen LogP contribution in [0.4, 0.5) is 5.69 Å². The molecule has 16 nitrogen and oxygen atoms in total. The SMILES string of the molecule is CCCN(CCC)c1ccc(O)c2c1CC1CC3C(N)(C(=O)CN(C)C)C(O)=C(C(N)=O)C(=O)C3(O)C(=O)C1=C2O.O=S(=O)(O)O. The first-order chi connectivity index (χ1) is 21.2. The van der Waals surface area contributed by atoms with Gasteiger partial charge in [0.1, 0.15) is 28.4 Å². The molecule has 17 heteroatoms. The molecule has 0 spiro atoms. The summed E-state index contributed by atoms with van der Waals surface area (Å²) in [6, 6.07) is 3.15. The predicted molar refractivity (Wildman–Crippen MR) is 164 cm³/mol. The fourth-order valence-corrected chi connectivity index (χ4v) is 6.69. The molecular formula is C29H40N4O12S. The average molecular weight is 669 g/mol. The number of aromatic hydroxyl groups is 1. The molecule has 0 radical (unpaired) electrons. The lowest BCUT2D eigenvalue weighted by Gasteiger charge is -2.52. The van der Waals surface area contributed by atoms with Gasteiger partial charge < -0.3 is 41.7 Å². The summed E-state index contributed by atoms with van der Waals surface area (Å²) < 4.78 is 31.6. The summed E-state index contributed by atoms with van der Waals surface area (Å²) >= 11 is 0. The number of amides is 1. The fraction of sp³-hybridized carbons (Fsp3) is 0.517. The highest BCUT2D eigenvalue weighted by atomic mass is 32.3. The van der Waals surface area contributed by atoms with Crippen LogP contribution in [-0.4, -0.2) is 111 Å². The van der Waals surface area contributed by atoms with Crippen molar-refractivity contribution in [2.24, 2.45) is 23.3 Å². The molecule has 3 aliphatic rings. The van der Waals surface area contributed by atoms with E-state index in [4.69, 9.17) is 29.0 Å². The van der Waals surface area contributed by atoms with Crippen LogP contribution >= 0.6 is 0 Å². The maximum atomic E-state index is 14.1. The Balaban J connectivity index is 0.00000107. The lowest BCUT2D eigenvalue weighted by atomic mass is 9.52. The summed E-state index contributed by atoms with van der Waals surface area (Å²) in [5.74, 6) is -9.54. The number of carbonyl (C=O) groups excluding carboxylic acids is 4. The Kier molecular flexibility index (Phi) is 10.4. The van der Waals surface area contributed by atoms with E-state index in [0.717, 1.165) is 18.5 Å². The number of phenolic OH excluding ortho intramolecular Hbond substituents is 1. The zero-order chi connectivity index (χ0) is 35.1. The maximum Gasteiger partial charge on any atom is 0.394 e. The van der Waals surface area contributed by atoms with Crippen LogP contribution in [0.25, 0.3) is 5.76 Å². The molecule has 254 valence electrons. The van der Waals surface area contributed by atoms with Gasteiger partial charge >= 0.3 is 10.4 Å². The topological polar surface area (TPSA) is 282 Å². The zero-order valence-electron chi connectivity index (χ0n) is 25.8. The van der Waals surface area contributed by atoms with E-state index in [1.807, 2.05) is 13.8 Å². The predicted octanol–water partition coefficient (Wildman–Crippen LogP) is -0.164. The molecular weight excluding hydrogens is 628 g/mol. The molecule has 10 N–H and O–H groups in total. The number of nitrogens with zero attached hydrogens (tertiary/aromatic N) is 2. The number of nitrogens with two attached hydrogens (primary N) is 2. The smallest absolute Gasteiger partial charge is 0.394 e. The van der Waals surface area contributed by atoms with Crippen molar-refractivity contribution >= 4 is 45.1 Å². The normalized spacial score (nSPS) is 25.8. The van der Waals surface area contributed by atoms with Crippen molar-refractivity contribution in [1.82, 2.24) is 4.90 Å². The Morgan fingerprint density at radius 2 is 1.57 bits per heavy atom. The van der Waals surface area contributed by atoms with Gasteiger partial charge in [0.2, 0.25) is 11.6 Å². The Labute approximate surface area is 265 Å².